The summed E-state index contributed by atoms with van der Waals surface area (Å²) in [4.78, 5) is 2.47. The summed E-state index contributed by atoms with van der Waals surface area (Å²) in [5, 5.41) is 9.86. The molecule has 1 unspecified atom stereocenters. The van der Waals surface area contributed by atoms with Crippen molar-refractivity contribution in [2.45, 2.75) is 38.1 Å². The molecule has 1 aromatic carbocycles. The second kappa shape index (κ2) is 4.36. The third-order valence-corrected chi connectivity index (χ3v) is 5.12. The van der Waals surface area contributed by atoms with Gasteiger partial charge in [-0.05, 0) is 30.7 Å². The van der Waals surface area contributed by atoms with Gasteiger partial charge in [-0.15, -0.1) is 0 Å². The van der Waals surface area contributed by atoms with E-state index in [9.17, 15) is 5.11 Å². The Hall–Kier alpha value is -0.860. The van der Waals surface area contributed by atoms with E-state index in [1.165, 1.54) is 44.3 Å². The summed E-state index contributed by atoms with van der Waals surface area (Å²) >= 11 is 0. The van der Waals surface area contributed by atoms with E-state index < -0.39 is 0 Å². The van der Waals surface area contributed by atoms with Crippen molar-refractivity contribution in [3.8, 4) is 0 Å². The number of hydrogen-bond acceptors (Lipinski definition) is 2. The molecule has 2 fully saturated rings. The van der Waals surface area contributed by atoms with Crippen LogP contribution >= 0.6 is 0 Å². The zero-order valence-corrected chi connectivity index (χ0v) is 11.2. The lowest BCUT2D eigenvalue weighted by atomic mass is 9.74. The molecular weight excluding hydrogens is 222 g/mol. The molecule has 18 heavy (non-hydrogen) atoms. The van der Waals surface area contributed by atoms with Gasteiger partial charge in [0.15, 0.2) is 0 Å². The Morgan fingerprint density at radius 2 is 1.78 bits per heavy atom. The van der Waals surface area contributed by atoms with Crippen molar-refractivity contribution < 1.29 is 5.11 Å². The van der Waals surface area contributed by atoms with Crippen molar-refractivity contribution >= 4 is 0 Å². The van der Waals surface area contributed by atoms with Crippen LogP contribution in [0.2, 0.25) is 0 Å². The molecule has 2 heteroatoms. The highest BCUT2D eigenvalue weighted by atomic mass is 16.3. The Balaban J connectivity index is 1.78. The van der Waals surface area contributed by atoms with E-state index in [0.717, 1.165) is 0 Å². The molecule has 0 amide bonds. The van der Waals surface area contributed by atoms with Crippen LogP contribution in [0.25, 0.3) is 0 Å². The standard InChI is InChI=1S/C16H23NO/c1-15(13-18,14-7-3-2-4-8-14)17-11-16(12-17)9-5-6-10-16/h2-4,7-8,18H,5-6,9-13H2,1H3. The van der Waals surface area contributed by atoms with Gasteiger partial charge in [0.2, 0.25) is 0 Å². The van der Waals surface area contributed by atoms with Gasteiger partial charge in [0.25, 0.3) is 0 Å². The molecule has 1 aliphatic heterocycles. The highest BCUT2D eigenvalue weighted by Crippen LogP contribution is 2.49. The summed E-state index contributed by atoms with van der Waals surface area (Å²) in [5.41, 5.74) is 1.63. The predicted octanol–water partition coefficient (Wildman–Crippen LogP) is 2.77. The van der Waals surface area contributed by atoms with Gasteiger partial charge < -0.3 is 5.11 Å². The Labute approximate surface area is 110 Å². The highest BCUT2D eigenvalue weighted by Gasteiger charge is 2.50. The summed E-state index contributed by atoms with van der Waals surface area (Å²) in [7, 11) is 0. The molecule has 1 aliphatic carbocycles. The Bertz CT molecular complexity index is 402. The minimum Gasteiger partial charge on any atom is -0.394 e. The fraction of sp³-hybridized carbons (Fsp3) is 0.625. The van der Waals surface area contributed by atoms with Crippen molar-refractivity contribution in [3.63, 3.8) is 0 Å². The van der Waals surface area contributed by atoms with Gasteiger partial charge in [-0.2, -0.15) is 0 Å². The van der Waals surface area contributed by atoms with Crippen LogP contribution in [0, 0.1) is 5.41 Å². The van der Waals surface area contributed by atoms with Crippen molar-refractivity contribution in [3.05, 3.63) is 35.9 Å². The molecule has 2 aliphatic rings. The summed E-state index contributed by atoms with van der Waals surface area (Å²) in [5.74, 6) is 0. The lowest BCUT2D eigenvalue weighted by molar-refractivity contribution is -0.0913. The molecule has 1 aromatic rings. The van der Waals surface area contributed by atoms with Crippen molar-refractivity contribution in [2.24, 2.45) is 5.41 Å². The molecule has 1 saturated carbocycles. The maximum atomic E-state index is 9.86. The maximum Gasteiger partial charge on any atom is 0.0665 e. The first-order chi connectivity index (χ1) is 8.69. The summed E-state index contributed by atoms with van der Waals surface area (Å²) < 4.78 is 0. The number of hydrogen-bond donors (Lipinski definition) is 1. The molecule has 0 aromatic heterocycles. The van der Waals surface area contributed by atoms with E-state index in [-0.39, 0.29) is 12.1 Å². The zero-order valence-electron chi connectivity index (χ0n) is 11.2. The molecule has 0 bridgehead atoms. The smallest absolute Gasteiger partial charge is 0.0665 e. The fourth-order valence-corrected chi connectivity index (χ4v) is 3.72. The van der Waals surface area contributed by atoms with Crippen molar-refractivity contribution in [1.29, 1.82) is 0 Å². The molecule has 0 radical (unpaired) electrons. The van der Waals surface area contributed by atoms with Crippen LogP contribution < -0.4 is 0 Å². The molecule has 1 spiro atoms. The normalized spacial score (nSPS) is 25.9. The second-order valence-corrected chi connectivity index (χ2v) is 6.36. The Kier molecular flexibility index (Phi) is 2.95. The Morgan fingerprint density at radius 3 is 2.33 bits per heavy atom. The summed E-state index contributed by atoms with van der Waals surface area (Å²) in [6, 6.07) is 10.4. The number of likely N-dealkylation sites (tertiary alicyclic amines) is 1. The van der Waals surface area contributed by atoms with Gasteiger partial charge in [-0.25, -0.2) is 0 Å². The number of aliphatic hydroxyl groups is 1. The number of nitrogens with zero attached hydrogens (tertiary/aromatic N) is 1. The second-order valence-electron chi connectivity index (χ2n) is 6.36. The molecule has 2 nitrogen and oxygen atoms in total. The molecule has 98 valence electrons. The van der Waals surface area contributed by atoms with E-state index in [1.807, 2.05) is 6.07 Å². The lowest BCUT2D eigenvalue weighted by Crippen LogP contribution is -2.63. The molecule has 3 rings (SSSR count). The Morgan fingerprint density at radius 1 is 1.17 bits per heavy atom. The maximum absolute atomic E-state index is 9.86. The topological polar surface area (TPSA) is 23.5 Å². The molecule has 1 saturated heterocycles. The predicted molar refractivity (Wildman–Crippen MR) is 73.4 cm³/mol. The van der Waals surface area contributed by atoms with Gasteiger partial charge in [0.05, 0.1) is 12.1 Å². The van der Waals surface area contributed by atoms with Crippen LogP contribution in [0.4, 0.5) is 0 Å². The summed E-state index contributed by atoms with van der Waals surface area (Å²) in [6.45, 7) is 4.70. The fourth-order valence-electron chi connectivity index (χ4n) is 3.72. The van der Waals surface area contributed by atoms with E-state index in [4.69, 9.17) is 0 Å². The van der Waals surface area contributed by atoms with Crippen LogP contribution in [-0.2, 0) is 5.54 Å². The van der Waals surface area contributed by atoms with Crippen molar-refractivity contribution in [1.82, 2.24) is 4.90 Å². The van der Waals surface area contributed by atoms with Gasteiger partial charge in [0.1, 0.15) is 0 Å². The summed E-state index contributed by atoms with van der Waals surface area (Å²) in [6.07, 6.45) is 5.57. The van der Waals surface area contributed by atoms with E-state index >= 15 is 0 Å². The van der Waals surface area contributed by atoms with Crippen molar-refractivity contribution in [2.75, 3.05) is 19.7 Å². The number of rotatable bonds is 3. The zero-order chi connectivity index (χ0) is 12.6. The minimum atomic E-state index is -0.199. The molecule has 1 heterocycles. The van der Waals surface area contributed by atoms with Crippen LogP contribution in [-0.4, -0.2) is 29.7 Å². The highest BCUT2D eigenvalue weighted by molar-refractivity contribution is 5.25. The molecule has 1 atom stereocenters. The molecule has 1 N–H and O–H groups in total. The van der Waals surface area contributed by atoms with Crippen LogP contribution in [0.1, 0.15) is 38.2 Å². The third kappa shape index (κ3) is 1.79. The van der Waals surface area contributed by atoms with Crippen LogP contribution in [0.5, 0.6) is 0 Å². The van der Waals surface area contributed by atoms with Gasteiger partial charge in [-0.1, -0.05) is 43.2 Å². The SMILES string of the molecule is CC(CO)(c1ccccc1)N1CC2(CCCC2)C1. The van der Waals surface area contributed by atoms with Gasteiger partial charge in [0, 0.05) is 13.1 Å². The van der Waals surface area contributed by atoms with E-state index in [2.05, 4.69) is 36.1 Å². The first-order valence-corrected chi connectivity index (χ1v) is 7.10. The first-order valence-electron chi connectivity index (χ1n) is 7.10. The van der Waals surface area contributed by atoms with Crippen LogP contribution in [0.3, 0.4) is 0 Å². The van der Waals surface area contributed by atoms with Gasteiger partial charge in [-0.3, -0.25) is 4.90 Å². The number of aliphatic hydroxyl groups excluding tert-OH is 1. The quantitative estimate of drug-likeness (QED) is 0.885. The van der Waals surface area contributed by atoms with E-state index in [0.29, 0.717) is 5.41 Å². The largest absolute Gasteiger partial charge is 0.394 e. The van der Waals surface area contributed by atoms with Crippen LogP contribution in [0.15, 0.2) is 30.3 Å². The lowest BCUT2D eigenvalue weighted by Gasteiger charge is -2.56. The van der Waals surface area contributed by atoms with Gasteiger partial charge >= 0.3 is 0 Å². The molecular formula is C16H23NO. The monoisotopic (exact) mass is 245 g/mol. The first kappa shape index (κ1) is 12.2. The average molecular weight is 245 g/mol. The minimum absolute atomic E-state index is 0.199. The van der Waals surface area contributed by atoms with E-state index in [1.54, 1.807) is 0 Å². The third-order valence-electron chi connectivity index (χ3n) is 5.12. The average Bonchev–Trinajstić information content (AvgIpc) is 2.87. The number of benzene rings is 1.